The van der Waals surface area contributed by atoms with Crippen molar-refractivity contribution in [3.8, 4) is 11.8 Å². The lowest BCUT2D eigenvalue weighted by Gasteiger charge is -2.42. The molecule has 4 heteroatoms. The summed E-state index contributed by atoms with van der Waals surface area (Å²) in [6, 6.07) is 0. The molecule has 0 aliphatic rings. The molecule has 0 aliphatic heterocycles. The average molecular weight is 393 g/mol. The number of hydrogen-bond donors (Lipinski definition) is 0. The van der Waals surface area contributed by atoms with Gasteiger partial charge < -0.3 is 9.16 Å². The summed E-state index contributed by atoms with van der Waals surface area (Å²) in [5.41, 5.74) is 2.08. The first-order chi connectivity index (χ1) is 12.2. The van der Waals surface area contributed by atoms with Crippen LogP contribution in [0, 0.1) is 11.8 Å². The fourth-order valence-corrected chi connectivity index (χ4v) is 3.96. The number of hydrogen-bond acceptors (Lipinski definition) is 3. The maximum absolute atomic E-state index is 11.5. The van der Waals surface area contributed by atoms with Gasteiger partial charge in [-0.15, -0.1) is 0 Å². The number of carbonyl (C=O) groups is 1. The van der Waals surface area contributed by atoms with Gasteiger partial charge in [-0.25, -0.2) is 4.79 Å². The third kappa shape index (κ3) is 10.6. The van der Waals surface area contributed by atoms with E-state index >= 15 is 0 Å². The molecule has 0 N–H and O–H groups in total. The van der Waals surface area contributed by atoms with E-state index < -0.39 is 19.9 Å². The Morgan fingerprint density at radius 3 is 2.11 bits per heavy atom. The second-order valence-corrected chi connectivity index (χ2v) is 14.0. The third-order valence-corrected chi connectivity index (χ3v) is 9.68. The molecule has 1 unspecified atom stereocenters. The van der Waals surface area contributed by atoms with Crippen LogP contribution < -0.4 is 0 Å². The van der Waals surface area contributed by atoms with E-state index in [2.05, 4.69) is 83.4 Å². The molecule has 0 saturated carbocycles. The molecule has 0 radical (unpaired) electrons. The summed E-state index contributed by atoms with van der Waals surface area (Å²) in [5.74, 6) is 5.13. The van der Waals surface area contributed by atoms with Crippen LogP contribution in [0.4, 0.5) is 0 Å². The molecule has 0 saturated heterocycles. The summed E-state index contributed by atoms with van der Waals surface area (Å²) >= 11 is 0. The Labute approximate surface area is 168 Å². The van der Waals surface area contributed by atoms with Gasteiger partial charge in [0.05, 0.1) is 7.11 Å². The molecule has 0 aromatic heterocycles. The van der Waals surface area contributed by atoms with Crippen LogP contribution in [0.5, 0.6) is 0 Å². The van der Waals surface area contributed by atoms with Gasteiger partial charge in [0.2, 0.25) is 0 Å². The first kappa shape index (κ1) is 25.7. The molecule has 0 heterocycles. The minimum Gasteiger partial charge on any atom is -0.459 e. The van der Waals surface area contributed by atoms with E-state index in [-0.39, 0.29) is 5.04 Å². The number of ether oxygens (including phenoxy) is 1. The topological polar surface area (TPSA) is 35.5 Å². The van der Waals surface area contributed by atoms with Crippen molar-refractivity contribution in [1.29, 1.82) is 0 Å². The van der Waals surface area contributed by atoms with Crippen LogP contribution in [0.2, 0.25) is 18.1 Å². The normalized spacial score (nSPS) is 14.7. The van der Waals surface area contributed by atoms with E-state index in [9.17, 15) is 4.79 Å². The summed E-state index contributed by atoms with van der Waals surface area (Å²) in [7, 11) is -0.668. The molecule has 0 spiro atoms. The molecule has 0 aliphatic carbocycles. The molecular formula is C23H40O3Si. The lowest BCUT2D eigenvalue weighted by atomic mass is 9.99. The van der Waals surface area contributed by atoms with Crippen molar-refractivity contribution in [2.45, 2.75) is 97.9 Å². The number of allylic oxidation sites excluding steroid dienone is 4. The van der Waals surface area contributed by atoms with Crippen molar-refractivity contribution >= 4 is 14.3 Å². The van der Waals surface area contributed by atoms with E-state index in [0.717, 1.165) is 25.7 Å². The standard InChI is InChI=1S/C23H40O3Si/c1-19(2)13-11-14-20(3)15-12-17-23(7,18-16-21(24)25-8)26-27(9,10)22(4,5)6/h13,15H,11-12,14,17H2,1-10H3/b20-15+. The van der Waals surface area contributed by atoms with Crippen LogP contribution in [-0.4, -0.2) is 27.0 Å². The largest absolute Gasteiger partial charge is 0.459 e. The number of rotatable bonds is 8. The highest BCUT2D eigenvalue weighted by atomic mass is 28.4. The van der Waals surface area contributed by atoms with Gasteiger partial charge in [-0.2, -0.15) is 0 Å². The van der Waals surface area contributed by atoms with Crippen LogP contribution in [0.1, 0.15) is 74.1 Å². The molecule has 27 heavy (non-hydrogen) atoms. The third-order valence-electron chi connectivity index (χ3n) is 5.11. The van der Waals surface area contributed by atoms with Crippen LogP contribution in [-0.2, 0) is 14.0 Å². The Bertz CT molecular complexity index is 608. The van der Waals surface area contributed by atoms with Crippen molar-refractivity contribution in [3.05, 3.63) is 23.3 Å². The van der Waals surface area contributed by atoms with E-state index in [0.29, 0.717) is 0 Å². The van der Waals surface area contributed by atoms with Gasteiger partial charge in [-0.05, 0) is 71.5 Å². The van der Waals surface area contributed by atoms with Crippen LogP contribution >= 0.6 is 0 Å². The van der Waals surface area contributed by atoms with Crippen LogP contribution in [0.25, 0.3) is 0 Å². The Hall–Kier alpha value is -1.31. The van der Waals surface area contributed by atoms with E-state index in [1.807, 2.05) is 6.92 Å². The van der Waals surface area contributed by atoms with Crippen LogP contribution in [0.15, 0.2) is 23.3 Å². The zero-order valence-electron chi connectivity index (χ0n) is 19.2. The molecule has 3 nitrogen and oxygen atoms in total. The van der Waals surface area contributed by atoms with Crippen molar-refractivity contribution < 1.29 is 14.0 Å². The number of esters is 1. The monoisotopic (exact) mass is 392 g/mol. The van der Waals surface area contributed by atoms with Crippen molar-refractivity contribution in [2.24, 2.45) is 0 Å². The van der Waals surface area contributed by atoms with Crippen molar-refractivity contribution in [1.82, 2.24) is 0 Å². The lowest BCUT2D eigenvalue weighted by molar-refractivity contribution is -0.133. The summed E-state index contributed by atoms with van der Waals surface area (Å²) in [4.78, 5) is 11.5. The van der Waals surface area contributed by atoms with E-state index in [4.69, 9.17) is 4.43 Å². The Kier molecular flexibility index (Phi) is 10.3. The van der Waals surface area contributed by atoms with Crippen molar-refractivity contribution in [3.63, 3.8) is 0 Å². The van der Waals surface area contributed by atoms with Gasteiger partial charge in [-0.1, -0.05) is 50.0 Å². The van der Waals surface area contributed by atoms with Gasteiger partial charge in [0.1, 0.15) is 5.60 Å². The molecule has 0 fully saturated rings. The van der Waals surface area contributed by atoms with Gasteiger partial charge in [0.25, 0.3) is 0 Å². The summed E-state index contributed by atoms with van der Waals surface area (Å²) in [6.07, 6.45) is 8.31. The molecular weight excluding hydrogens is 352 g/mol. The minimum atomic E-state index is -2.02. The van der Waals surface area contributed by atoms with Crippen molar-refractivity contribution in [2.75, 3.05) is 7.11 Å². The molecule has 0 aromatic rings. The number of methoxy groups -OCH3 is 1. The zero-order chi connectivity index (χ0) is 21.3. The van der Waals surface area contributed by atoms with Crippen LogP contribution in [0.3, 0.4) is 0 Å². The summed E-state index contributed by atoms with van der Waals surface area (Å²) in [5, 5.41) is 0.0807. The summed E-state index contributed by atoms with van der Waals surface area (Å²) < 4.78 is 11.3. The van der Waals surface area contributed by atoms with Gasteiger partial charge >= 0.3 is 5.97 Å². The highest BCUT2D eigenvalue weighted by Crippen LogP contribution is 2.40. The quantitative estimate of drug-likeness (QED) is 0.157. The molecule has 0 bridgehead atoms. The predicted octanol–water partition coefficient (Wildman–Crippen LogP) is 6.42. The minimum absolute atomic E-state index is 0.0807. The Morgan fingerprint density at radius 1 is 1.04 bits per heavy atom. The zero-order valence-corrected chi connectivity index (χ0v) is 20.2. The van der Waals surface area contributed by atoms with Gasteiger partial charge in [0, 0.05) is 5.92 Å². The Morgan fingerprint density at radius 2 is 1.63 bits per heavy atom. The van der Waals surface area contributed by atoms with E-state index in [1.54, 1.807) is 0 Å². The average Bonchev–Trinajstić information content (AvgIpc) is 2.50. The Balaban J connectivity index is 5.24. The fourth-order valence-electron chi connectivity index (χ4n) is 2.37. The fraction of sp³-hybridized carbons (Fsp3) is 0.696. The second kappa shape index (κ2) is 10.9. The first-order valence-corrected chi connectivity index (χ1v) is 12.7. The maximum Gasteiger partial charge on any atom is 0.384 e. The maximum atomic E-state index is 11.5. The van der Waals surface area contributed by atoms with Gasteiger partial charge in [0.15, 0.2) is 8.32 Å². The van der Waals surface area contributed by atoms with Gasteiger partial charge in [-0.3, -0.25) is 0 Å². The molecule has 0 amide bonds. The molecule has 1 atom stereocenters. The first-order valence-electron chi connectivity index (χ1n) is 9.83. The van der Waals surface area contributed by atoms with E-state index in [1.165, 1.54) is 18.3 Å². The SMILES string of the molecule is COC(=O)C#CC(C)(CC/C=C(\C)CCC=C(C)C)O[Si](C)(C)C(C)(C)C. The highest BCUT2D eigenvalue weighted by Gasteiger charge is 2.42. The lowest BCUT2D eigenvalue weighted by Crippen LogP contribution is -2.48. The molecule has 154 valence electrons. The molecule has 0 aromatic carbocycles. The smallest absolute Gasteiger partial charge is 0.384 e. The molecule has 0 rings (SSSR count). The predicted molar refractivity (Wildman–Crippen MR) is 118 cm³/mol. The highest BCUT2D eigenvalue weighted by molar-refractivity contribution is 6.74. The number of carbonyl (C=O) groups excluding carboxylic acids is 1. The summed E-state index contributed by atoms with van der Waals surface area (Å²) in [6.45, 7) is 19.5. The second-order valence-electron chi connectivity index (χ2n) is 9.24.